The molecule has 0 unspecified atom stereocenters. The van der Waals surface area contributed by atoms with Gasteiger partial charge in [0.2, 0.25) is 0 Å². The van der Waals surface area contributed by atoms with Crippen LogP contribution >= 0.6 is 0 Å². The van der Waals surface area contributed by atoms with E-state index in [1.807, 2.05) is 6.92 Å². The number of unbranched alkanes of at least 4 members (excludes halogenated alkanes) is 3. The fourth-order valence-corrected chi connectivity index (χ4v) is 1.72. The smallest absolute Gasteiger partial charge is 0.425 e. The van der Waals surface area contributed by atoms with Gasteiger partial charge < -0.3 is 14.6 Å². The third-order valence-electron chi connectivity index (χ3n) is 2.93. The first-order chi connectivity index (χ1) is 11.1. The fourth-order valence-electron chi connectivity index (χ4n) is 1.72. The molecule has 1 N–H and O–H groups in total. The molecule has 0 rings (SSSR count). The monoisotopic (exact) mass is 354 g/mol. The molecule has 0 heterocycles. The van der Waals surface area contributed by atoms with Crippen LogP contribution in [0.1, 0.15) is 45.4 Å². The molecule has 24 heavy (non-hydrogen) atoms. The molecule has 1 atom stereocenters. The van der Waals surface area contributed by atoms with E-state index in [-0.39, 0.29) is 12.8 Å². The highest BCUT2D eigenvalue weighted by atomic mass is 19.4. The van der Waals surface area contributed by atoms with Crippen molar-refractivity contribution < 1.29 is 42.1 Å². The molecule has 0 radical (unpaired) electrons. The molecule has 0 saturated carbocycles. The third-order valence-corrected chi connectivity index (χ3v) is 2.93. The highest BCUT2D eigenvalue weighted by molar-refractivity contribution is 5.94. The maximum atomic E-state index is 12.8. The van der Waals surface area contributed by atoms with Crippen LogP contribution in [0.2, 0.25) is 0 Å². The number of carboxylic acids is 1. The lowest BCUT2D eigenvalue weighted by Crippen LogP contribution is -2.34. The lowest BCUT2D eigenvalue weighted by molar-refractivity contribution is -0.222. The second-order valence-corrected chi connectivity index (χ2v) is 5.12. The number of carbonyl (C=O) groups is 3. The zero-order valence-electron chi connectivity index (χ0n) is 13.4. The van der Waals surface area contributed by atoms with Crippen LogP contribution in [0.5, 0.6) is 0 Å². The number of carboxylic acid groups (broad SMARTS) is 1. The molecule has 9 heteroatoms. The first-order valence-electron chi connectivity index (χ1n) is 7.40. The van der Waals surface area contributed by atoms with Crippen LogP contribution in [0, 0.1) is 0 Å². The van der Waals surface area contributed by atoms with Crippen molar-refractivity contribution in [3.8, 4) is 0 Å². The summed E-state index contributed by atoms with van der Waals surface area (Å²) in [5, 5.41) is 8.33. The summed E-state index contributed by atoms with van der Waals surface area (Å²) < 4.78 is 47.2. The predicted octanol–water partition coefficient (Wildman–Crippen LogP) is 3.01. The van der Waals surface area contributed by atoms with Crippen molar-refractivity contribution in [1.82, 2.24) is 0 Å². The van der Waals surface area contributed by atoms with Crippen molar-refractivity contribution in [3.63, 3.8) is 0 Å². The van der Waals surface area contributed by atoms with Crippen LogP contribution in [0.25, 0.3) is 0 Å². The summed E-state index contributed by atoms with van der Waals surface area (Å²) in [4.78, 5) is 33.1. The van der Waals surface area contributed by atoms with Gasteiger partial charge in [0.15, 0.2) is 12.7 Å². The van der Waals surface area contributed by atoms with Crippen LogP contribution < -0.4 is 0 Å². The van der Waals surface area contributed by atoms with Crippen LogP contribution in [0.3, 0.4) is 0 Å². The standard InChI is InChI=1S/C15H21F3O6/c1-3-4-5-6-7-11(15(16,17)18)24-13(21)8-10(2)14(22)23-9-12(19)20/h11H,2-9H2,1H3,(H,19,20)/t11-/m0/s1. The number of ether oxygens (including phenoxy) is 2. The average Bonchev–Trinajstić information content (AvgIpc) is 2.46. The van der Waals surface area contributed by atoms with Crippen molar-refractivity contribution in [2.24, 2.45) is 0 Å². The van der Waals surface area contributed by atoms with Gasteiger partial charge in [0, 0.05) is 5.57 Å². The Labute approximate surface area is 137 Å². The molecule has 0 aromatic rings. The van der Waals surface area contributed by atoms with Gasteiger partial charge in [0.1, 0.15) is 0 Å². The molecule has 6 nitrogen and oxygen atoms in total. The van der Waals surface area contributed by atoms with E-state index < -0.39 is 48.8 Å². The quantitative estimate of drug-likeness (QED) is 0.348. The number of carbonyl (C=O) groups excluding carboxylic acids is 2. The van der Waals surface area contributed by atoms with Gasteiger partial charge in [0.05, 0.1) is 6.42 Å². The number of hydrogen-bond donors (Lipinski definition) is 1. The predicted molar refractivity (Wildman–Crippen MR) is 77.0 cm³/mol. The Hall–Kier alpha value is -2.06. The Bertz CT molecular complexity index is 459. The first kappa shape index (κ1) is 21.9. The van der Waals surface area contributed by atoms with Crippen molar-refractivity contribution in [3.05, 3.63) is 12.2 Å². The second kappa shape index (κ2) is 10.7. The maximum absolute atomic E-state index is 12.8. The van der Waals surface area contributed by atoms with Gasteiger partial charge in [-0.3, -0.25) is 4.79 Å². The topological polar surface area (TPSA) is 89.9 Å². The van der Waals surface area contributed by atoms with Crippen LogP contribution in [-0.2, 0) is 23.9 Å². The van der Waals surface area contributed by atoms with Crippen molar-refractivity contribution in [2.75, 3.05) is 6.61 Å². The van der Waals surface area contributed by atoms with Crippen LogP contribution in [0.4, 0.5) is 13.2 Å². The molecule has 0 fully saturated rings. The second-order valence-electron chi connectivity index (χ2n) is 5.12. The van der Waals surface area contributed by atoms with Gasteiger partial charge in [-0.15, -0.1) is 0 Å². The third kappa shape index (κ3) is 9.86. The maximum Gasteiger partial charge on any atom is 0.425 e. The van der Waals surface area contributed by atoms with E-state index in [0.717, 1.165) is 12.8 Å². The molecule has 0 bridgehead atoms. The summed E-state index contributed by atoms with van der Waals surface area (Å²) in [6, 6.07) is 0. The van der Waals surface area contributed by atoms with E-state index in [9.17, 15) is 27.6 Å². The first-order valence-corrected chi connectivity index (χ1v) is 7.40. The van der Waals surface area contributed by atoms with Crippen LogP contribution in [-0.4, -0.2) is 41.9 Å². The summed E-state index contributed by atoms with van der Waals surface area (Å²) >= 11 is 0. The van der Waals surface area contributed by atoms with Gasteiger partial charge in [0.25, 0.3) is 0 Å². The average molecular weight is 354 g/mol. The zero-order chi connectivity index (χ0) is 18.8. The molecular formula is C15H21F3O6. The number of hydrogen-bond acceptors (Lipinski definition) is 5. The molecular weight excluding hydrogens is 333 g/mol. The van der Waals surface area contributed by atoms with E-state index in [0.29, 0.717) is 6.42 Å². The molecule has 0 saturated heterocycles. The number of rotatable bonds is 11. The minimum absolute atomic E-state index is 0.257. The number of alkyl halides is 3. The molecule has 138 valence electrons. The molecule has 0 aromatic heterocycles. The molecule has 0 aliphatic carbocycles. The zero-order valence-corrected chi connectivity index (χ0v) is 13.4. The Balaban J connectivity index is 4.47. The fraction of sp³-hybridized carbons (Fsp3) is 0.667. The van der Waals surface area contributed by atoms with E-state index in [1.54, 1.807) is 0 Å². The van der Waals surface area contributed by atoms with Gasteiger partial charge in [-0.25, -0.2) is 9.59 Å². The van der Waals surface area contributed by atoms with Crippen LogP contribution in [0.15, 0.2) is 12.2 Å². The summed E-state index contributed by atoms with van der Waals surface area (Å²) in [5.74, 6) is -3.87. The molecule has 0 aromatic carbocycles. The number of esters is 2. The molecule has 0 amide bonds. The number of halogens is 3. The lowest BCUT2D eigenvalue weighted by atomic mass is 10.1. The van der Waals surface area contributed by atoms with E-state index >= 15 is 0 Å². The lowest BCUT2D eigenvalue weighted by Gasteiger charge is -2.20. The van der Waals surface area contributed by atoms with Gasteiger partial charge >= 0.3 is 24.1 Å². The Morgan fingerprint density at radius 3 is 2.29 bits per heavy atom. The Morgan fingerprint density at radius 1 is 1.17 bits per heavy atom. The highest BCUT2D eigenvalue weighted by Gasteiger charge is 2.42. The number of aliphatic carboxylic acids is 1. The summed E-state index contributed by atoms with van der Waals surface area (Å²) in [6.07, 6.45) is -5.62. The summed E-state index contributed by atoms with van der Waals surface area (Å²) in [7, 11) is 0. The Morgan fingerprint density at radius 2 is 1.79 bits per heavy atom. The van der Waals surface area contributed by atoms with Crippen molar-refractivity contribution in [2.45, 2.75) is 57.7 Å². The summed E-state index contributed by atoms with van der Waals surface area (Å²) in [6.45, 7) is 4.16. The van der Waals surface area contributed by atoms with E-state index in [1.165, 1.54) is 0 Å². The van der Waals surface area contributed by atoms with E-state index in [2.05, 4.69) is 16.1 Å². The minimum Gasteiger partial charge on any atom is -0.479 e. The van der Waals surface area contributed by atoms with E-state index in [4.69, 9.17) is 5.11 Å². The van der Waals surface area contributed by atoms with Crippen molar-refractivity contribution in [1.29, 1.82) is 0 Å². The van der Waals surface area contributed by atoms with Gasteiger partial charge in [-0.1, -0.05) is 32.8 Å². The normalized spacial score (nSPS) is 12.3. The highest BCUT2D eigenvalue weighted by Crippen LogP contribution is 2.27. The summed E-state index contributed by atoms with van der Waals surface area (Å²) in [5.41, 5.74) is -0.479. The molecule has 0 spiro atoms. The van der Waals surface area contributed by atoms with Crippen molar-refractivity contribution >= 4 is 17.9 Å². The molecule has 0 aliphatic rings. The minimum atomic E-state index is -4.70. The van der Waals surface area contributed by atoms with Gasteiger partial charge in [-0.2, -0.15) is 13.2 Å². The SMILES string of the molecule is C=C(CC(=O)O[C@@H](CCCCCC)C(F)(F)F)C(=O)OCC(=O)O. The van der Waals surface area contributed by atoms with Gasteiger partial charge in [-0.05, 0) is 12.8 Å². The largest absolute Gasteiger partial charge is 0.479 e. The molecule has 0 aliphatic heterocycles. The Kier molecular flexibility index (Phi) is 9.75.